The molecule has 1 aliphatic rings. The van der Waals surface area contributed by atoms with Gasteiger partial charge in [-0.15, -0.1) is 6.58 Å². The van der Waals surface area contributed by atoms with Crippen molar-refractivity contribution in [1.82, 2.24) is 0 Å². The average Bonchev–Trinajstić information content (AvgIpc) is 3.38. The maximum atomic E-state index is 5.24. The minimum atomic E-state index is 0. The van der Waals surface area contributed by atoms with E-state index in [0.717, 1.165) is 35.6 Å². The minimum Gasteiger partial charge on any atom is -0.373 e. The molecule has 5 unspecified atom stereocenters. The normalized spacial score (nSPS) is 18.2. The molecular weight excluding hydrogens is 420 g/mol. The SMILES string of the molecule is C=CCC(CC)CC[CH-]PC.CCC(CC[CH-]PC)CC1CO1.[V].[V]. The summed E-state index contributed by atoms with van der Waals surface area (Å²) in [6.45, 7) is 13.8. The average molecular weight is 460 g/mol. The molecule has 1 rings (SSSR count). The van der Waals surface area contributed by atoms with E-state index >= 15 is 0 Å². The first-order valence-electron chi connectivity index (χ1n) is 9.41. The fourth-order valence-corrected chi connectivity index (χ4v) is 3.63. The molecule has 0 amide bonds. The van der Waals surface area contributed by atoms with Crippen molar-refractivity contribution in [3.63, 3.8) is 0 Å². The van der Waals surface area contributed by atoms with E-state index in [1.807, 2.05) is 6.08 Å². The van der Waals surface area contributed by atoms with E-state index in [1.165, 1.54) is 51.4 Å². The molecule has 0 N–H and O–H groups in total. The molecule has 5 atom stereocenters. The molecule has 1 fully saturated rings. The largest absolute Gasteiger partial charge is 0.373 e. The van der Waals surface area contributed by atoms with Gasteiger partial charge in [0.25, 0.3) is 0 Å². The van der Waals surface area contributed by atoms with Crippen molar-refractivity contribution in [3.05, 3.63) is 25.0 Å². The predicted molar refractivity (Wildman–Crippen MR) is 112 cm³/mol. The van der Waals surface area contributed by atoms with Crippen LogP contribution >= 0.6 is 17.2 Å². The van der Waals surface area contributed by atoms with Gasteiger partial charge in [-0.05, 0) is 24.7 Å². The number of hydrogen-bond acceptors (Lipinski definition) is 1. The molecule has 0 aromatic rings. The van der Waals surface area contributed by atoms with Gasteiger partial charge in [0, 0.05) is 37.1 Å². The van der Waals surface area contributed by atoms with Gasteiger partial charge in [-0.3, -0.25) is 17.2 Å². The van der Waals surface area contributed by atoms with E-state index in [2.05, 4.69) is 46.1 Å². The molecular formula is C20H40OP2V2-2. The topological polar surface area (TPSA) is 12.5 Å². The van der Waals surface area contributed by atoms with E-state index in [0.29, 0.717) is 6.10 Å². The molecule has 2 radical (unpaired) electrons. The minimum absolute atomic E-state index is 0. The van der Waals surface area contributed by atoms with Crippen LogP contribution in [0.1, 0.15) is 65.2 Å². The first-order valence-corrected chi connectivity index (χ1v) is 12.6. The van der Waals surface area contributed by atoms with Crippen LogP contribution in [-0.4, -0.2) is 26.0 Å². The van der Waals surface area contributed by atoms with Gasteiger partial charge < -0.3 is 17.1 Å². The Labute approximate surface area is 186 Å². The third kappa shape index (κ3) is 21.9. The Morgan fingerprint density at radius 3 is 1.88 bits per heavy atom. The molecule has 1 saturated heterocycles. The predicted octanol–water partition coefficient (Wildman–Crippen LogP) is 6.89. The van der Waals surface area contributed by atoms with Crippen LogP contribution in [0, 0.1) is 24.2 Å². The van der Waals surface area contributed by atoms with Gasteiger partial charge in [0.2, 0.25) is 0 Å². The van der Waals surface area contributed by atoms with E-state index in [1.54, 1.807) is 0 Å². The van der Waals surface area contributed by atoms with E-state index in [9.17, 15) is 0 Å². The Balaban J connectivity index is -0.000000360. The zero-order valence-corrected chi connectivity index (χ0v) is 21.6. The van der Waals surface area contributed by atoms with Crippen molar-refractivity contribution in [2.75, 3.05) is 19.9 Å². The van der Waals surface area contributed by atoms with Crippen LogP contribution in [0.4, 0.5) is 0 Å². The maximum Gasteiger partial charge on any atom is 0.0812 e. The second kappa shape index (κ2) is 23.8. The Bertz CT molecular complexity index is 264. The number of ether oxygens (including phenoxy) is 1. The van der Waals surface area contributed by atoms with Gasteiger partial charge in [0.15, 0.2) is 0 Å². The molecule has 1 heterocycles. The monoisotopic (exact) mass is 460 g/mol. The molecule has 0 spiro atoms. The van der Waals surface area contributed by atoms with Crippen molar-refractivity contribution >= 4 is 17.2 Å². The number of hydrogen-bond donors (Lipinski definition) is 0. The van der Waals surface area contributed by atoms with E-state index in [4.69, 9.17) is 4.74 Å². The summed E-state index contributed by atoms with van der Waals surface area (Å²) >= 11 is 0. The summed E-state index contributed by atoms with van der Waals surface area (Å²) in [5.74, 6) is 1.78. The van der Waals surface area contributed by atoms with Crippen LogP contribution in [-0.2, 0) is 41.8 Å². The molecule has 1 aliphatic heterocycles. The molecule has 25 heavy (non-hydrogen) atoms. The number of rotatable bonds is 14. The van der Waals surface area contributed by atoms with Crippen LogP contribution in [0.3, 0.4) is 0 Å². The summed E-state index contributed by atoms with van der Waals surface area (Å²) < 4.78 is 5.24. The first kappa shape index (κ1) is 31.4. The molecule has 148 valence electrons. The molecule has 1 nitrogen and oxygen atoms in total. The van der Waals surface area contributed by atoms with Gasteiger partial charge in [0.05, 0.1) is 12.7 Å². The Morgan fingerprint density at radius 1 is 1.04 bits per heavy atom. The van der Waals surface area contributed by atoms with Crippen molar-refractivity contribution in [2.45, 2.75) is 71.3 Å². The molecule has 0 aromatic carbocycles. The number of allylic oxidation sites excluding steroid dienone is 1. The second-order valence-corrected chi connectivity index (χ2v) is 8.38. The third-order valence-electron chi connectivity index (χ3n) is 4.50. The molecule has 0 aliphatic carbocycles. The van der Waals surface area contributed by atoms with Crippen LogP contribution in [0.5, 0.6) is 0 Å². The van der Waals surface area contributed by atoms with Crippen molar-refractivity contribution in [2.24, 2.45) is 11.8 Å². The maximum absolute atomic E-state index is 5.24. The molecule has 0 bridgehead atoms. The van der Waals surface area contributed by atoms with Crippen molar-refractivity contribution in [1.29, 1.82) is 0 Å². The van der Waals surface area contributed by atoms with Crippen molar-refractivity contribution < 1.29 is 41.8 Å². The smallest absolute Gasteiger partial charge is 0.0812 e. The van der Waals surface area contributed by atoms with Crippen LogP contribution in [0.2, 0.25) is 0 Å². The summed E-state index contributed by atoms with van der Waals surface area (Å²) in [6, 6.07) is 0. The molecule has 0 saturated carbocycles. The first-order chi connectivity index (χ1) is 11.2. The van der Waals surface area contributed by atoms with Crippen LogP contribution < -0.4 is 0 Å². The fourth-order valence-electron chi connectivity index (χ4n) is 2.72. The van der Waals surface area contributed by atoms with Gasteiger partial charge in [-0.25, -0.2) is 0 Å². The number of epoxide rings is 1. The third-order valence-corrected chi connectivity index (χ3v) is 5.89. The Kier molecular flexibility index (Phi) is 29.9. The molecule has 5 heteroatoms. The van der Waals surface area contributed by atoms with Crippen LogP contribution in [0.15, 0.2) is 12.7 Å². The summed E-state index contributed by atoms with van der Waals surface area (Å²) in [5.41, 5.74) is 0. The summed E-state index contributed by atoms with van der Waals surface area (Å²) in [4.78, 5) is 0. The van der Waals surface area contributed by atoms with Gasteiger partial charge in [0.1, 0.15) is 0 Å². The van der Waals surface area contributed by atoms with Gasteiger partial charge in [-0.2, -0.15) is 12.8 Å². The quantitative estimate of drug-likeness (QED) is 0.0905. The van der Waals surface area contributed by atoms with E-state index in [-0.39, 0.29) is 37.1 Å². The Morgan fingerprint density at radius 2 is 1.52 bits per heavy atom. The van der Waals surface area contributed by atoms with Gasteiger partial charge >= 0.3 is 0 Å². The van der Waals surface area contributed by atoms with Crippen LogP contribution in [0.25, 0.3) is 0 Å². The Hall–Kier alpha value is 1.73. The zero-order chi connectivity index (χ0) is 17.3. The van der Waals surface area contributed by atoms with E-state index < -0.39 is 0 Å². The summed E-state index contributed by atoms with van der Waals surface area (Å²) in [7, 11) is 2.02. The summed E-state index contributed by atoms with van der Waals surface area (Å²) in [5, 5.41) is 0. The molecule has 0 aromatic heterocycles. The second-order valence-electron chi connectivity index (χ2n) is 6.40. The summed E-state index contributed by atoms with van der Waals surface area (Å²) in [6.07, 6.45) is 17.9. The fraction of sp³-hybridized carbons (Fsp3) is 0.800. The standard InChI is InChI=1S/C10H20OP.C10H20P.2V/c1-3-9(5-4-6-12-2)7-10-8-11-10;1-4-7-10(5-2)8-6-9-11-3;;/h6,9-10,12H,3-5,7-8H2,1-2H3;4,9-11H,1,5-8H2,2-3H3;;/q2*-1;;. The zero-order valence-electron chi connectivity index (χ0n) is 16.8. The van der Waals surface area contributed by atoms with Gasteiger partial charge in [-0.1, -0.05) is 58.9 Å². The van der Waals surface area contributed by atoms with Crippen molar-refractivity contribution in [3.8, 4) is 0 Å².